The Morgan fingerprint density at radius 1 is 1.29 bits per heavy atom. The van der Waals surface area contributed by atoms with Crippen LogP contribution in [0.1, 0.15) is 24.0 Å². The fourth-order valence-corrected chi connectivity index (χ4v) is 2.19. The molecule has 0 amide bonds. The van der Waals surface area contributed by atoms with Crippen LogP contribution in [0.4, 0.5) is 4.39 Å². The molecule has 0 radical (unpaired) electrons. The Hall–Kier alpha value is -1.65. The summed E-state index contributed by atoms with van der Waals surface area (Å²) in [5, 5.41) is 3.91. The molecule has 5 heteroatoms. The molecule has 0 atom stereocenters. The van der Waals surface area contributed by atoms with Crippen molar-refractivity contribution in [2.24, 2.45) is 0 Å². The van der Waals surface area contributed by atoms with Crippen LogP contribution in [0.5, 0.6) is 5.75 Å². The first kappa shape index (κ1) is 14.3. The van der Waals surface area contributed by atoms with Crippen molar-refractivity contribution in [3.8, 4) is 5.75 Å². The van der Waals surface area contributed by atoms with Crippen molar-refractivity contribution in [2.45, 2.75) is 32.0 Å². The largest absolute Gasteiger partial charge is 0.487 e. The summed E-state index contributed by atoms with van der Waals surface area (Å²) in [5.74, 6) is 0.267. The molecule has 1 N–H and O–H groups in total. The molecule has 21 heavy (non-hydrogen) atoms. The predicted octanol–water partition coefficient (Wildman–Crippen LogP) is 3.71. The Morgan fingerprint density at radius 2 is 2.14 bits per heavy atom. The third kappa shape index (κ3) is 4.16. The van der Waals surface area contributed by atoms with Crippen molar-refractivity contribution in [1.82, 2.24) is 10.3 Å². The maximum absolute atomic E-state index is 13.8. The molecule has 1 aliphatic carbocycles. The van der Waals surface area contributed by atoms with Gasteiger partial charge in [-0.1, -0.05) is 17.7 Å². The molecule has 2 aromatic rings. The van der Waals surface area contributed by atoms with E-state index in [4.69, 9.17) is 16.3 Å². The minimum atomic E-state index is -0.264. The van der Waals surface area contributed by atoms with Gasteiger partial charge in [0, 0.05) is 30.4 Å². The van der Waals surface area contributed by atoms with E-state index in [1.54, 1.807) is 18.3 Å². The SMILES string of the molecule is Fc1ccc(CNC2CC2)cc1COc1cncc(Cl)c1. The number of halogens is 2. The summed E-state index contributed by atoms with van der Waals surface area (Å²) in [6, 6.07) is 7.41. The van der Waals surface area contributed by atoms with Gasteiger partial charge in [0.05, 0.1) is 11.2 Å². The molecule has 110 valence electrons. The first-order chi connectivity index (χ1) is 10.2. The van der Waals surface area contributed by atoms with Gasteiger partial charge >= 0.3 is 0 Å². The van der Waals surface area contributed by atoms with E-state index in [2.05, 4.69) is 10.3 Å². The smallest absolute Gasteiger partial charge is 0.139 e. The van der Waals surface area contributed by atoms with Gasteiger partial charge in [-0.3, -0.25) is 4.98 Å². The highest BCUT2D eigenvalue weighted by molar-refractivity contribution is 6.30. The first-order valence-electron chi connectivity index (χ1n) is 6.95. The Balaban J connectivity index is 1.64. The fourth-order valence-electron chi connectivity index (χ4n) is 2.03. The average Bonchev–Trinajstić information content (AvgIpc) is 3.29. The monoisotopic (exact) mass is 306 g/mol. The molecule has 1 aromatic carbocycles. The van der Waals surface area contributed by atoms with E-state index >= 15 is 0 Å². The molecule has 0 aliphatic heterocycles. The summed E-state index contributed by atoms with van der Waals surface area (Å²) in [6.07, 6.45) is 5.55. The van der Waals surface area contributed by atoms with Gasteiger partial charge in [0.2, 0.25) is 0 Å². The topological polar surface area (TPSA) is 34.1 Å². The summed E-state index contributed by atoms with van der Waals surface area (Å²) in [6.45, 7) is 0.918. The van der Waals surface area contributed by atoms with E-state index in [0.29, 0.717) is 22.4 Å². The molecule has 0 spiro atoms. The van der Waals surface area contributed by atoms with Gasteiger partial charge in [-0.25, -0.2) is 4.39 Å². The zero-order chi connectivity index (χ0) is 14.7. The third-order valence-corrected chi connectivity index (χ3v) is 3.56. The normalized spacial score (nSPS) is 14.2. The Bertz CT molecular complexity index is 631. The quantitative estimate of drug-likeness (QED) is 0.883. The average molecular weight is 307 g/mol. The summed E-state index contributed by atoms with van der Waals surface area (Å²) >= 11 is 5.84. The van der Waals surface area contributed by atoms with Crippen LogP contribution in [0.25, 0.3) is 0 Å². The Kier molecular flexibility index (Phi) is 4.36. The number of nitrogens with one attached hydrogen (secondary N) is 1. The zero-order valence-corrected chi connectivity index (χ0v) is 12.2. The van der Waals surface area contributed by atoms with Crippen molar-refractivity contribution in [1.29, 1.82) is 0 Å². The highest BCUT2D eigenvalue weighted by atomic mass is 35.5. The van der Waals surface area contributed by atoms with E-state index < -0.39 is 0 Å². The lowest BCUT2D eigenvalue weighted by molar-refractivity contribution is 0.298. The second-order valence-corrected chi connectivity index (χ2v) is 5.64. The number of rotatable bonds is 6. The van der Waals surface area contributed by atoms with Crippen LogP contribution < -0.4 is 10.1 Å². The summed E-state index contributed by atoms with van der Waals surface area (Å²) in [4.78, 5) is 3.93. The zero-order valence-electron chi connectivity index (χ0n) is 11.5. The van der Waals surface area contributed by atoms with Crippen molar-refractivity contribution in [3.63, 3.8) is 0 Å². The van der Waals surface area contributed by atoms with Crippen LogP contribution in [-0.2, 0) is 13.2 Å². The van der Waals surface area contributed by atoms with Gasteiger partial charge in [-0.2, -0.15) is 0 Å². The van der Waals surface area contributed by atoms with Crippen LogP contribution in [0.15, 0.2) is 36.7 Å². The minimum Gasteiger partial charge on any atom is -0.487 e. The first-order valence-corrected chi connectivity index (χ1v) is 7.32. The second-order valence-electron chi connectivity index (χ2n) is 5.21. The second kappa shape index (κ2) is 6.41. The van der Waals surface area contributed by atoms with Gasteiger partial charge in [-0.15, -0.1) is 0 Å². The van der Waals surface area contributed by atoms with Gasteiger partial charge in [0.25, 0.3) is 0 Å². The predicted molar refractivity (Wildman–Crippen MR) is 79.8 cm³/mol. The van der Waals surface area contributed by atoms with Crippen LogP contribution in [0.3, 0.4) is 0 Å². The summed E-state index contributed by atoms with van der Waals surface area (Å²) in [7, 11) is 0. The molecule has 3 nitrogen and oxygen atoms in total. The highest BCUT2D eigenvalue weighted by Crippen LogP contribution is 2.21. The molecule has 0 unspecified atom stereocenters. The minimum absolute atomic E-state index is 0.158. The van der Waals surface area contributed by atoms with Crippen LogP contribution in [-0.4, -0.2) is 11.0 Å². The van der Waals surface area contributed by atoms with Crippen molar-refractivity contribution in [2.75, 3.05) is 0 Å². The van der Waals surface area contributed by atoms with Crippen LogP contribution in [0.2, 0.25) is 5.02 Å². The maximum atomic E-state index is 13.8. The van der Waals surface area contributed by atoms with E-state index in [0.717, 1.165) is 12.1 Å². The lowest BCUT2D eigenvalue weighted by Gasteiger charge is -2.09. The van der Waals surface area contributed by atoms with Crippen LogP contribution in [0, 0.1) is 5.82 Å². The molecule has 0 saturated heterocycles. The van der Waals surface area contributed by atoms with E-state index in [-0.39, 0.29) is 12.4 Å². The van der Waals surface area contributed by atoms with E-state index in [1.165, 1.54) is 25.1 Å². The van der Waals surface area contributed by atoms with Crippen molar-refractivity contribution >= 4 is 11.6 Å². The molecule has 1 aromatic heterocycles. The van der Waals surface area contributed by atoms with Gasteiger partial charge < -0.3 is 10.1 Å². The summed E-state index contributed by atoms with van der Waals surface area (Å²) < 4.78 is 19.4. The number of aromatic nitrogens is 1. The van der Waals surface area contributed by atoms with Gasteiger partial charge in [-0.05, 0) is 30.5 Å². The number of hydrogen-bond donors (Lipinski definition) is 1. The van der Waals surface area contributed by atoms with Crippen molar-refractivity contribution in [3.05, 3.63) is 58.6 Å². The molecular formula is C16H16ClFN2O. The number of ether oxygens (including phenoxy) is 1. The van der Waals surface area contributed by atoms with Crippen molar-refractivity contribution < 1.29 is 9.13 Å². The molecular weight excluding hydrogens is 291 g/mol. The number of benzene rings is 1. The van der Waals surface area contributed by atoms with E-state index in [1.807, 2.05) is 6.07 Å². The Labute approximate surface area is 128 Å². The highest BCUT2D eigenvalue weighted by Gasteiger charge is 2.20. The van der Waals surface area contributed by atoms with Crippen LogP contribution >= 0.6 is 11.6 Å². The molecule has 0 bridgehead atoms. The molecule has 1 heterocycles. The lowest BCUT2D eigenvalue weighted by Crippen LogP contribution is -2.15. The van der Waals surface area contributed by atoms with Gasteiger partial charge in [0.1, 0.15) is 18.2 Å². The molecule has 1 aliphatic rings. The van der Waals surface area contributed by atoms with E-state index in [9.17, 15) is 4.39 Å². The molecule has 1 saturated carbocycles. The standard InChI is InChI=1S/C16H16ClFN2O/c17-13-6-15(9-19-8-13)21-10-12-5-11(1-4-16(12)18)7-20-14-2-3-14/h1,4-6,8-9,14,20H,2-3,7,10H2. The fraction of sp³-hybridized carbons (Fsp3) is 0.312. The number of nitrogens with zero attached hydrogens (tertiary/aromatic N) is 1. The maximum Gasteiger partial charge on any atom is 0.139 e. The molecule has 1 fully saturated rings. The molecule has 3 rings (SSSR count). The Morgan fingerprint density at radius 3 is 2.90 bits per heavy atom. The third-order valence-electron chi connectivity index (χ3n) is 3.36. The van der Waals surface area contributed by atoms with Gasteiger partial charge in [0.15, 0.2) is 0 Å². The number of hydrogen-bond acceptors (Lipinski definition) is 3. The lowest BCUT2D eigenvalue weighted by atomic mass is 10.1. The summed E-state index contributed by atoms with van der Waals surface area (Å²) in [5.41, 5.74) is 1.59. The number of pyridine rings is 1.